The van der Waals surface area contributed by atoms with Crippen LogP contribution in [0.1, 0.15) is 106 Å². The molecule has 19 heteroatoms. The molecule has 1 aromatic carbocycles. The number of rotatable bonds is 14. The number of pyridine rings is 1. The zero-order valence-electron chi connectivity index (χ0n) is 38.9. The Hall–Kier alpha value is -6.62. The number of carbonyl (C=O) groups excluding carboxylic acids is 4. The van der Waals surface area contributed by atoms with Crippen LogP contribution in [0.2, 0.25) is 0 Å². The van der Waals surface area contributed by atoms with Crippen LogP contribution in [-0.4, -0.2) is 101 Å². The fraction of sp³-hybridized carbons (Fsp3) is 0.429. The minimum atomic E-state index is -1.00. The highest BCUT2D eigenvalue weighted by Gasteiger charge is 2.45. The van der Waals surface area contributed by atoms with Gasteiger partial charge < -0.3 is 31.3 Å². The van der Waals surface area contributed by atoms with Gasteiger partial charge in [-0.05, 0) is 80.3 Å². The summed E-state index contributed by atoms with van der Waals surface area (Å²) in [6, 6.07) is 15.3. The van der Waals surface area contributed by atoms with Crippen LogP contribution in [0, 0.1) is 23.7 Å². The first-order valence-electron chi connectivity index (χ1n) is 22.9. The van der Waals surface area contributed by atoms with Gasteiger partial charge in [-0.2, -0.15) is 10.4 Å². The number of benzene rings is 1. The first-order valence-corrected chi connectivity index (χ1v) is 24.6. The van der Waals surface area contributed by atoms with E-state index in [0.29, 0.717) is 11.3 Å². The van der Waals surface area contributed by atoms with Gasteiger partial charge in [0, 0.05) is 56.7 Å². The van der Waals surface area contributed by atoms with Crippen molar-refractivity contribution in [2.45, 2.75) is 116 Å². The van der Waals surface area contributed by atoms with Crippen molar-refractivity contribution in [3.8, 4) is 38.5 Å². The lowest BCUT2D eigenvalue weighted by Gasteiger charge is -2.35. The Bertz CT molecular complexity index is 2850. The van der Waals surface area contributed by atoms with Gasteiger partial charge in [-0.1, -0.05) is 56.4 Å². The van der Waals surface area contributed by atoms with E-state index < -0.39 is 35.4 Å². The van der Waals surface area contributed by atoms with Gasteiger partial charge in [0.15, 0.2) is 5.01 Å². The Morgan fingerprint density at radius 2 is 1.71 bits per heavy atom. The molecule has 0 spiro atoms. The molecule has 5 aromatic heterocycles. The van der Waals surface area contributed by atoms with Crippen molar-refractivity contribution in [2.24, 2.45) is 5.41 Å². The number of likely N-dealkylation sites (tertiary alicyclic amines) is 1. The van der Waals surface area contributed by atoms with Crippen molar-refractivity contribution in [3.05, 3.63) is 88.3 Å². The Morgan fingerprint density at radius 1 is 0.956 bits per heavy atom. The number of nitrogens with zero attached hydrogens (tertiary/aromatic N) is 8. The number of nitriles is 1. The maximum Gasteiger partial charge on any atom is 0.246 e. The number of aliphatic hydroxyl groups is 1. The van der Waals surface area contributed by atoms with Crippen molar-refractivity contribution >= 4 is 57.5 Å². The number of nitrogens with one attached hydrogen (secondary N) is 4. The fourth-order valence-electron chi connectivity index (χ4n) is 9.00. The van der Waals surface area contributed by atoms with Gasteiger partial charge in [-0.3, -0.25) is 24.2 Å². The molecule has 354 valence electrons. The van der Waals surface area contributed by atoms with Gasteiger partial charge >= 0.3 is 0 Å². The van der Waals surface area contributed by atoms with Gasteiger partial charge in [-0.25, -0.2) is 9.50 Å². The molecule has 68 heavy (non-hydrogen) atoms. The molecule has 6 aromatic rings. The average molecular weight is 957 g/mol. The van der Waals surface area contributed by atoms with E-state index in [1.807, 2.05) is 89.6 Å². The van der Waals surface area contributed by atoms with Crippen LogP contribution in [0.4, 0.5) is 5.69 Å². The minimum Gasteiger partial charge on any atom is -0.391 e. The fourth-order valence-corrected chi connectivity index (χ4v) is 10.8. The van der Waals surface area contributed by atoms with E-state index in [2.05, 4.69) is 47.6 Å². The van der Waals surface area contributed by atoms with Crippen molar-refractivity contribution in [1.29, 1.82) is 5.26 Å². The van der Waals surface area contributed by atoms with Gasteiger partial charge in [0.1, 0.15) is 23.2 Å². The maximum atomic E-state index is 14.2. The summed E-state index contributed by atoms with van der Waals surface area (Å²) in [5.41, 5.74) is 8.43. The summed E-state index contributed by atoms with van der Waals surface area (Å²) in [6.45, 7) is 9.29. The number of hydrogen-bond acceptors (Lipinski definition) is 14. The van der Waals surface area contributed by atoms with E-state index in [-0.39, 0.29) is 55.6 Å². The summed E-state index contributed by atoms with van der Waals surface area (Å²) >= 11 is 3.10. The molecule has 8 rings (SSSR count). The van der Waals surface area contributed by atoms with Crippen molar-refractivity contribution < 1.29 is 24.3 Å². The summed E-state index contributed by atoms with van der Waals surface area (Å²) in [4.78, 5) is 65.9. The topological polar surface area (TPSA) is 233 Å². The maximum absolute atomic E-state index is 14.2. The van der Waals surface area contributed by atoms with Crippen LogP contribution in [0.25, 0.3) is 37.9 Å². The molecule has 4 atom stereocenters. The molecule has 5 N–H and O–H groups in total. The van der Waals surface area contributed by atoms with Crippen LogP contribution in [-0.2, 0) is 19.2 Å². The Labute approximate surface area is 402 Å². The first kappa shape index (κ1) is 47.9. The lowest BCUT2D eigenvalue weighted by atomic mass is 9.85. The third kappa shape index (κ3) is 10.6. The molecule has 0 unspecified atom stereocenters. The number of fused-ring (bicyclic) bond motifs is 1. The number of hydrogen-bond donors (Lipinski definition) is 5. The normalized spacial score (nSPS) is 19.2. The van der Waals surface area contributed by atoms with Gasteiger partial charge in [0.2, 0.25) is 23.6 Å². The second-order valence-electron chi connectivity index (χ2n) is 18.7. The van der Waals surface area contributed by atoms with Crippen LogP contribution in [0.3, 0.4) is 0 Å². The number of anilines is 1. The third-order valence-corrected chi connectivity index (χ3v) is 14.9. The third-order valence-electron chi connectivity index (χ3n) is 12.8. The van der Waals surface area contributed by atoms with E-state index in [1.54, 1.807) is 28.1 Å². The molecule has 1 saturated heterocycles. The highest BCUT2D eigenvalue weighted by atomic mass is 32.1. The zero-order valence-corrected chi connectivity index (χ0v) is 40.6. The molecule has 17 nitrogen and oxygen atoms in total. The molecule has 0 radical (unpaired) electrons. The molecule has 2 fully saturated rings. The van der Waals surface area contributed by atoms with E-state index in [0.717, 1.165) is 79.9 Å². The predicted molar refractivity (Wildman–Crippen MR) is 260 cm³/mol. The van der Waals surface area contributed by atoms with Crippen LogP contribution >= 0.6 is 22.7 Å². The molecule has 1 aliphatic heterocycles. The summed E-state index contributed by atoms with van der Waals surface area (Å²) in [5.74, 6) is -1.35. The van der Waals surface area contributed by atoms with Crippen LogP contribution in [0.15, 0.2) is 66.4 Å². The minimum absolute atomic E-state index is 0.0387. The summed E-state index contributed by atoms with van der Waals surface area (Å²) < 4.78 is 1.76. The number of aryl methyl sites for hydroxylation is 1. The summed E-state index contributed by atoms with van der Waals surface area (Å²) in [5, 5.41) is 47.4. The zero-order chi connectivity index (χ0) is 48.3. The molecule has 4 amide bonds. The van der Waals surface area contributed by atoms with E-state index in [4.69, 9.17) is 4.98 Å². The standard InChI is InChI=1S/C49H56N12O5S2/c1-27(30-7-9-31(10-8-30)43-28(2)53-26-67-43)55-45(65)40-20-35(62)25-60(40)48(66)44(49(3,4)5)57-42(64)18-17-41(63)56-33-13-11-32(12-14-33)46-58-59-47(68-46)36-24-52-38(21-37(36)51-6)39-16-15-34-19-29(22-50)23-54-61(34)39/h7-10,15-16,19,21,23-24,26-27,32-33,35,40,44,62H,11-14,17-18,20,25H2,1-6H3,(H,51,52)(H,55,65)(H,56,63)(H,57,64)/t27-,32?,33?,35+,40-,44+/m0/s1. The van der Waals surface area contributed by atoms with Gasteiger partial charge in [0.05, 0.1) is 62.5 Å². The lowest BCUT2D eigenvalue weighted by molar-refractivity contribution is -0.144. The van der Waals surface area contributed by atoms with Crippen LogP contribution < -0.4 is 21.3 Å². The number of thiazole rings is 1. The largest absolute Gasteiger partial charge is 0.391 e. The Balaban J connectivity index is 0.808. The van der Waals surface area contributed by atoms with Gasteiger partial charge in [-0.15, -0.1) is 21.5 Å². The Morgan fingerprint density at radius 3 is 2.40 bits per heavy atom. The smallest absolute Gasteiger partial charge is 0.246 e. The number of amides is 4. The number of aromatic nitrogens is 6. The number of carbonyl (C=O) groups is 4. The highest BCUT2D eigenvalue weighted by molar-refractivity contribution is 7.14. The number of β-amino-alcohol motifs (C(OH)–C–C–N with tert-alkyl or cyclic N) is 1. The van der Waals surface area contributed by atoms with E-state index in [1.165, 1.54) is 22.4 Å². The summed E-state index contributed by atoms with van der Waals surface area (Å²) in [6.07, 6.45) is 5.46. The van der Waals surface area contributed by atoms with Crippen molar-refractivity contribution in [1.82, 2.24) is 50.6 Å². The van der Waals surface area contributed by atoms with Gasteiger partial charge in [0.25, 0.3) is 0 Å². The molecular formula is C49H56N12O5S2. The SMILES string of the molecule is CNc1cc(-c2ccc3cc(C#N)cnn23)ncc1-c1nnc(C2CCC(NC(=O)CCC(=O)N[C@H](C(=O)N3C[C@H](O)C[C@H]3C(=O)N[C@@H](C)c3ccc(-c4scnc4C)cc3)C(C)(C)C)CC2)s1. The second-order valence-corrected chi connectivity index (χ2v) is 20.6. The quantitative estimate of drug-likeness (QED) is 0.0782. The van der Waals surface area contributed by atoms with E-state index in [9.17, 15) is 29.5 Å². The number of aliphatic hydroxyl groups excluding tert-OH is 1. The van der Waals surface area contributed by atoms with Crippen LogP contribution in [0.5, 0.6) is 0 Å². The second kappa shape index (κ2) is 20.3. The molecule has 2 aliphatic rings. The molecular weight excluding hydrogens is 901 g/mol. The van der Waals surface area contributed by atoms with Crippen molar-refractivity contribution in [2.75, 3.05) is 18.9 Å². The molecule has 1 aliphatic carbocycles. The Kier molecular flexibility index (Phi) is 14.3. The molecule has 6 heterocycles. The first-order chi connectivity index (χ1) is 32.6. The molecule has 1 saturated carbocycles. The van der Waals surface area contributed by atoms with E-state index >= 15 is 0 Å². The molecule has 0 bridgehead atoms. The monoisotopic (exact) mass is 956 g/mol. The average Bonchev–Trinajstić information content (AvgIpc) is 4.16. The predicted octanol–water partition coefficient (Wildman–Crippen LogP) is 6.55. The lowest BCUT2D eigenvalue weighted by Crippen LogP contribution is -2.57. The van der Waals surface area contributed by atoms with Crippen molar-refractivity contribution in [3.63, 3.8) is 0 Å². The summed E-state index contributed by atoms with van der Waals surface area (Å²) in [7, 11) is 1.85. The highest BCUT2D eigenvalue weighted by Crippen LogP contribution is 2.39.